The molecule has 6 nitrogen and oxygen atoms in total. The first kappa shape index (κ1) is 42.9. The topological polar surface area (TPSA) is 61.4 Å². The maximum absolute atomic E-state index is 5.47. The van der Waals surface area contributed by atoms with Crippen LogP contribution in [0.1, 0.15) is 30.7 Å². The molecule has 0 unspecified atom stereocenters. The molecule has 0 saturated heterocycles. The van der Waals surface area contributed by atoms with E-state index < -0.39 is 0 Å². The molecule has 0 bridgehead atoms. The average Bonchev–Trinajstić information content (AvgIpc) is 4.10. The van der Waals surface area contributed by atoms with Gasteiger partial charge in [-0.2, -0.15) is 0 Å². The largest absolute Gasteiger partial charge is 0.309 e. The quantitative estimate of drug-likeness (QED) is 0.160. The molecule has 0 N–H and O–H groups in total. The number of hydrogen-bond acceptors (Lipinski definition) is 4. The molecule has 4 aromatic heterocycles. The van der Waals surface area contributed by atoms with Crippen molar-refractivity contribution in [1.82, 2.24) is 29.1 Å². The van der Waals surface area contributed by atoms with E-state index in [1.54, 1.807) is 0 Å². The Labute approximate surface area is 433 Å². The average molecular weight is 959 g/mol. The standard InChI is InChI=1S/C69H46N6/c1-69(2)56(44-20-7-3-8-21-44)42-58-64(69)66(46-24-11-5-12-25-46)72-67(70-58)49-34-37-59-54(40-49)52-35-31-48(41-62(52)74(59)50-26-13-6-14-27-50)47-33-36-60-55(39-47)63-51-28-16-15-19-43(51)32-38-61(63)75(60)68-71-57-30-18-17-29-53(57)65(73-68)45-22-9-4-10-23-45/h3-42H,1-2H3. The minimum atomic E-state index is -0.307. The Hall–Kier alpha value is -9.78. The molecular formula is C69H46N6. The highest BCUT2D eigenvalue weighted by Gasteiger charge is 2.38. The van der Waals surface area contributed by atoms with Gasteiger partial charge in [-0.15, -0.1) is 0 Å². The van der Waals surface area contributed by atoms with E-state index in [0.717, 1.165) is 105 Å². The van der Waals surface area contributed by atoms with Crippen molar-refractivity contribution in [3.8, 4) is 56.7 Å². The van der Waals surface area contributed by atoms with Gasteiger partial charge in [0, 0.05) is 60.3 Å². The number of rotatable bonds is 7. The molecule has 1 aliphatic carbocycles. The zero-order valence-electron chi connectivity index (χ0n) is 41.3. The van der Waals surface area contributed by atoms with Crippen molar-refractivity contribution in [3.63, 3.8) is 0 Å². The Kier molecular flexibility index (Phi) is 9.51. The maximum atomic E-state index is 5.47. The molecule has 14 aromatic rings. The fraction of sp³-hybridized carbons (Fsp3) is 0.0435. The molecule has 0 fully saturated rings. The highest BCUT2D eigenvalue weighted by Crippen LogP contribution is 2.50. The van der Waals surface area contributed by atoms with E-state index in [1.165, 1.54) is 27.3 Å². The summed E-state index contributed by atoms with van der Waals surface area (Å²) in [5.41, 5.74) is 17.8. The predicted molar refractivity (Wildman–Crippen MR) is 310 cm³/mol. The van der Waals surface area contributed by atoms with Gasteiger partial charge in [-0.25, -0.2) is 19.9 Å². The molecule has 75 heavy (non-hydrogen) atoms. The van der Waals surface area contributed by atoms with Crippen LogP contribution in [0.5, 0.6) is 0 Å². The molecule has 6 heteroatoms. The molecule has 0 atom stereocenters. The molecule has 4 heterocycles. The molecule has 352 valence electrons. The first-order valence-corrected chi connectivity index (χ1v) is 25.6. The second-order valence-electron chi connectivity index (χ2n) is 20.2. The van der Waals surface area contributed by atoms with Crippen molar-refractivity contribution in [1.29, 1.82) is 0 Å². The summed E-state index contributed by atoms with van der Waals surface area (Å²) in [4.78, 5) is 21.5. The zero-order valence-corrected chi connectivity index (χ0v) is 41.3. The van der Waals surface area contributed by atoms with Crippen molar-refractivity contribution in [2.24, 2.45) is 0 Å². The maximum Gasteiger partial charge on any atom is 0.235 e. The lowest BCUT2D eigenvalue weighted by atomic mass is 9.77. The Morgan fingerprint density at radius 1 is 0.360 bits per heavy atom. The monoisotopic (exact) mass is 958 g/mol. The van der Waals surface area contributed by atoms with E-state index >= 15 is 0 Å². The number of nitrogens with zero attached hydrogens (tertiary/aromatic N) is 6. The van der Waals surface area contributed by atoms with Crippen molar-refractivity contribution < 1.29 is 0 Å². The van der Waals surface area contributed by atoms with Gasteiger partial charge in [0.2, 0.25) is 5.95 Å². The van der Waals surface area contributed by atoms with E-state index in [9.17, 15) is 0 Å². The zero-order chi connectivity index (χ0) is 49.8. The lowest BCUT2D eigenvalue weighted by Crippen LogP contribution is -2.19. The molecule has 15 rings (SSSR count). The molecule has 1 aliphatic rings. The first-order valence-electron chi connectivity index (χ1n) is 25.6. The van der Waals surface area contributed by atoms with Gasteiger partial charge < -0.3 is 4.57 Å². The normalized spacial score (nSPS) is 13.1. The van der Waals surface area contributed by atoms with Crippen molar-refractivity contribution in [2.75, 3.05) is 0 Å². The number of para-hydroxylation sites is 2. The minimum Gasteiger partial charge on any atom is -0.309 e. The summed E-state index contributed by atoms with van der Waals surface area (Å²) in [5.74, 6) is 1.35. The highest BCUT2D eigenvalue weighted by atomic mass is 15.2. The molecular weight excluding hydrogens is 913 g/mol. The molecule has 0 amide bonds. The summed E-state index contributed by atoms with van der Waals surface area (Å²) in [7, 11) is 0. The van der Waals surface area contributed by atoms with Gasteiger partial charge in [0.1, 0.15) is 0 Å². The van der Waals surface area contributed by atoms with Crippen molar-refractivity contribution in [2.45, 2.75) is 19.3 Å². The van der Waals surface area contributed by atoms with Crippen LogP contribution in [0.3, 0.4) is 0 Å². The first-order chi connectivity index (χ1) is 36.9. The third-order valence-electron chi connectivity index (χ3n) is 15.5. The van der Waals surface area contributed by atoms with E-state index in [0.29, 0.717) is 11.8 Å². The minimum absolute atomic E-state index is 0.307. The van der Waals surface area contributed by atoms with Crippen LogP contribution in [0.4, 0.5) is 0 Å². The summed E-state index contributed by atoms with van der Waals surface area (Å²) < 4.78 is 4.65. The fourth-order valence-corrected chi connectivity index (χ4v) is 12.0. The summed E-state index contributed by atoms with van der Waals surface area (Å²) in [5, 5.41) is 8.01. The lowest BCUT2D eigenvalue weighted by Gasteiger charge is -2.27. The van der Waals surface area contributed by atoms with Gasteiger partial charge in [0.15, 0.2) is 5.82 Å². The predicted octanol–water partition coefficient (Wildman–Crippen LogP) is 17.3. The molecule has 0 radical (unpaired) electrons. The third kappa shape index (κ3) is 6.73. The lowest BCUT2D eigenvalue weighted by molar-refractivity contribution is 0.698. The smallest absolute Gasteiger partial charge is 0.235 e. The SMILES string of the molecule is CC1(C)C(c2ccccc2)=Cc2nc(-c3ccc4c(c3)c3ccc(-c5ccc6c(c5)c5c7ccccc7ccc5n6-c5nc(-c6ccccc6)c6ccccc6n5)cc3n4-c3ccccc3)nc(-c3ccccc3)c21. The van der Waals surface area contributed by atoms with Crippen LogP contribution >= 0.6 is 0 Å². The van der Waals surface area contributed by atoms with Crippen LogP contribution in [-0.2, 0) is 5.41 Å². The van der Waals surface area contributed by atoms with Crippen LogP contribution in [0, 0.1) is 0 Å². The summed E-state index contributed by atoms with van der Waals surface area (Å²) in [6.45, 7) is 4.60. The molecule has 0 aliphatic heterocycles. The Balaban J connectivity index is 0.917. The van der Waals surface area contributed by atoms with Crippen molar-refractivity contribution in [3.05, 3.63) is 253 Å². The second kappa shape index (κ2) is 16.6. The third-order valence-corrected chi connectivity index (χ3v) is 15.5. The molecule has 0 saturated carbocycles. The number of benzene rings is 10. The number of fused-ring (bicyclic) bond motifs is 10. The van der Waals surface area contributed by atoms with E-state index in [-0.39, 0.29) is 5.41 Å². The Morgan fingerprint density at radius 3 is 1.71 bits per heavy atom. The van der Waals surface area contributed by atoms with E-state index in [4.69, 9.17) is 19.9 Å². The summed E-state index contributed by atoms with van der Waals surface area (Å²) in [6.07, 6.45) is 2.28. The van der Waals surface area contributed by atoms with E-state index in [1.807, 2.05) is 6.07 Å². The van der Waals surface area contributed by atoms with Crippen LogP contribution < -0.4 is 0 Å². The highest BCUT2D eigenvalue weighted by molar-refractivity contribution is 6.22. The second-order valence-corrected chi connectivity index (χ2v) is 20.2. The van der Waals surface area contributed by atoms with Gasteiger partial charge in [-0.3, -0.25) is 4.57 Å². The summed E-state index contributed by atoms with van der Waals surface area (Å²) in [6, 6.07) is 84.3. The molecule has 10 aromatic carbocycles. The fourth-order valence-electron chi connectivity index (χ4n) is 12.0. The number of aromatic nitrogens is 6. The van der Waals surface area contributed by atoms with Gasteiger partial charge in [-0.05, 0) is 99.8 Å². The van der Waals surface area contributed by atoms with Gasteiger partial charge in [-0.1, -0.05) is 190 Å². The number of hydrogen-bond donors (Lipinski definition) is 0. The van der Waals surface area contributed by atoms with Crippen LogP contribution in [0.25, 0.3) is 134 Å². The van der Waals surface area contributed by atoms with Gasteiger partial charge in [0.05, 0.1) is 44.7 Å². The van der Waals surface area contributed by atoms with Gasteiger partial charge in [0.25, 0.3) is 0 Å². The van der Waals surface area contributed by atoms with E-state index in [2.05, 4.69) is 260 Å². The van der Waals surface area contributed by atoms with Crippen LogP contribution in [0.2, 0.25) is 0 Å². The summed E-state index contributed by atoms with van der Waals surface area (Å²) >= 11 is 0. The van der Waals surface area contributed by atoms with Gasteiger partial charge >= 0.3 is 0 Å². The molecule has 0 spiro atoms. The Bertz CT molecular complexity index is 4650. The number of allylic oxidation sites excluding steroid dienone is 1. The Morgan fingerprint density at radius 2 is 0.947 bits per heavy atom. The van der Waals surface area contributed by atoms with Crippen LogP contribution in [0.15, 0.2) is 237 Å². The van der Waals surface area contributed by atoms with Crippen LogP contribution in [-0.4, -0.2) is 29.1 Å². The van der Waals surface area contributed by atoms with Crippen molar-refractivity contribution >= 4 is 76.9 Å².